The third-order valence-electron chi connectivity index (χ3n) is 3.14. The molecule has 0 saturated carbocycles. The molecule has 0 bridgehead atoms. The van der Waals surface area contributed by atoms with E-state index in [2.05, 4.69) is 20.5 Å². The van der Waals surface area contributed by atoms with E-state index in [0.717, 1.165) is 11.4 Å². The summed E-state index contributed by atoms with van der Waals surface area (Å²) in [6, 6.07) is 9.76. The number of nitrogens with zero attached hydrogens (tertiary/aromatic N) is 3. The van der Waals surface area contributed by atoms with Gasteiger partial charge in [0.15, 0.2) is 0 Å². The number of pyridine rings is 1. The number of anilines is 2. The van der Waals surface area contributed by atoms with Crippen LogP contribution in [0.1, 0.15) is 5.69 Å². The van der Waals surface area contributed by atoms with Crippen LogP contribution in [-0.2, 0) is 0 Å². The Labute approximate surface area is 132 Å². The predicted octanol–water partition coefficient (Wildman–Crippen LogP) is 4.38. The predicted molar refractivity (Wildman–Crippen MR) is 84.7 cm³/mol. The number of nitrogens with one attached hydrogen (secondary N) is 1. The minimum Gasteiger partial charge on any atom is -0.354 e. The van der Waals surface area contributed by atoms with E-state index in [4.69, 9.17) is 11.6 Å². The Bertz CT molecular complexity index is 808. The molecule has 3 aromatic rings. The van der Waals surface area contributed by atoms with Crippen molar-refractivity contribution in [2.45, 2.75) is 6.92 Å². The monoisotopic (exact) mass is 314 g/mol. The van der Waals surface area contributed by atoms with Gasteiger partial charge >= 0.3 is 0 Å². The summed E-state index contributed by atoms with van der Waals surface area (Å²) in [6.45, 7) is 1.83. The van der Waals surface area contributed by atoms with Crippen molar-refractivity contribution in [3.05, 3.63) is 65.3 Å². The Hall–Kier alpha value is -2.53. The second-order valence-corrected chi connectivity index (χ2v) is 5.15. The van der Waals surface area contributed by atoms with Gasteiger partial charge in [0.2, 0.25) is 0 Å². The van der Waals surface area contributed by atoms with Crippen molar-refractivity contribution in [2.75, 3.05) is 5.32 Å². The van der Waals surface area contributed by atoms with Crippen LogP contribution in [-0.4, -0.2) is 15.2 Å². The second kappa shape index (κ2) is 6.07. The Balaban J connectivity index is 2.01. The molecule has 0 atom stereocenters. The van der Waals surface area contributed by atoms with E-state index in [1.807, 2.05) is 19.1 Å². The molecule has 2 heterocycles. The van der Waals surface area contributed by atoms with Crippen LogP contribution >= 0.6 is 11.6 Å². The molecule has 0 amide bonds. The summed E-state index contributed by atoms with van der Waals surface area (Å²) >= 11 is 5.93. The van der Waals surface area contributed by atoms with Gasteiger partial charge < -0.3 is 5.32 Å². The van der Waals surface area contributed by atoms with Crippen molar-refractivity contribution in [1.82, 2.24) is 15.2 Å². The smallest absolute Gasteiger partial charge is 0.132 e. The maximum absolute atomic E-state index is 14.0. The molecule has 110 valence electrons. The van der Waals surface area contributed by atoms with E-state index < -0.39 is 5.82 Å². The van der Waals surface area contributed by atoms with Gasteiger partial charge in [-0.2, -0.15) is 10.2 Å². The molecule has 0 fully saturated rings. The third kappa shape index (κ3) is 3.04. The zero-order valence-corrected chi connectivity index (χ0v) is 12.5. The number of hydrogen-bond donors (Lipinski definition) is 1. The lowest BCUT2D eigenvalue weighted by Crippen LogP contribution is -1.99. The van der Waals surface area contributed by atoms with Crippen LogP contribution in [0.5, 0.6) is 0 Å². The number of aryl methyl sites for hydroxylation is 1. The lowest BCUT2D eigenvalue weighted by Gasteiger charge is -2.10. The van der Waals surface area contributed by atoms with Crippen LogP contribution in [0, 0.1) is 12.7 Å². The van der Waals surface area contributed by atoms with E-state index in [1.54, 1.807) is 18.5 Å². The van der Waals surface area contributed by atoms with Gasteiger partial charge in [0, 0.05) is 28.7 Å². The normalized spacial score (nSPS) is 10.5. The van der Waals surface area contributed by atoms with Gasteiger partial charge in [0.05, 0.1) is 17.1 Å². The maximum Gasteiger partial charge on any atom is 0.132 e. The van der Waals surface area contributed by atoms with Crippen LogP contribution in [0.3, 0.4) is 0 Å². The number of aromatic nitrogens is 3. The SMILES string of the molecule is Cc1nnc(-c2cc(Cl)ccc2F)cc1Nc1ccncc1. The van der Waals surface area contributed by atoms with Crippen molar-refractivity contribution in [3.63, 3.8) is 0 Å². The fraction of sp³-hybridized carbons (Fsp3) is 0.0625. The first-order chi connectivity index (χ1) is 10.6. The van der Waals surface area contributed by atoms with Crippen molar-refractivity contribution < 1.29 is 4.39 Å². The molecule has 22 heavy (non-hydrogen) atoms. The molecular formula is C16H12ClFN4. The first-order valence-electron chi connectivity index (χ1n) is 6.60. The Kier molecular flexibility index (Phi) is 3.98. The summed E-state index contributed by atoms with van der Waals surface area (Å²) < 4.78 is 14.0. The molecule has 4 nitrogen and oxygen atoms in total. The summed E-state index contributed by atoms with van der Waals surface area (Å²) in [5.74, 6) is -0.391. The molecule has 6 heteroatoms. The number of benzene rings is 1. The van der Waals surface area contributed by atoms with Crippen LogP contribution in [0.25, 0.3) is 11.3 Å². The lowest BCUT2D eigenvalue weighted by molar-refractivity contribution is 0.630. The molecule has 0 radical (unpaired) electrons. The summed E-state index contributed by atoms with van der Waals surface area (Å²) in [4.78, 5) is 3.96. The first kappa shape index (κ1) is 14.4. The quantitative estimate of drug-likeness (QED) is 0.779. The molecule has 2 aromatic heterocycles. The Morgan fingerprint density at radius 1 is 1.05 bits per heavy atom. The van der Waals surface area contributed by atoms with Gasteiger partial charge in [-0.05, 0) is 43.3 Å². The van der Waals surface area contributed by atoms with E-state index in [1.165, 1.54) is 18.2 Å². The first-order valence-corrected chi connectivity index (χ1v) is 6.98. The van der Waals surface area contributed by atoms with Crippen molar-refractivity contribution in [1.29, 1.82) is 0 Å². The van der Waals surface area contributed by atoms with E-state index in [-0.39, 0.29) is 0 Å². The molecule has 0 saturated heterocycles. The molecular weight excluding hydrogens is 303 g/mol. The third-order valence-corrected chi connectivity index (χ3v) is 3.38. The van der Waals surface area contributed by atoms with Crippen molar-refractivity contribution >= 4 is 23.0 Å². The van der Waals surface area contributed by atoms with E-state index in [0.29, 0.717) is 22.0 Å². The molecule has 3 rings (SSSR count). The molecule has 1 aromatic carbocycles. The summed E-state index contributed by atoms with van der Waals surface area (Å²) in [5.41, 5.74) is 3.06. The highest BCUT2D eigenvalue weighted by molar-refractivity contribution is 6.30. The fourth-order valence-corrected chi connectivity index (χ4v) is 2.17. The lowest BCUT2D eigenvalue weighted by atomic mass is 10.1. The van der Waals surface area contributed by atoms with E-state index in [9.17, 15) is 4.39 Å². The van der Waals surface area contributed by atoms with Crippen molar-refractivity contribution in [2.24, 2.45) is 0 Å². The zero-order valence-electron chi connectivity index (χ0n) is 11.7. The molecule has 1 N–H and O–H groups in total. The molecule has 0 unspecified atom stereocenters. The van der Waals surface area contributed by atoms with Gasteiger partial charge in [0.1, 0.15) is 5.82 Å². The Morgan fingerprint density at radius 3 is 2.59 bits per heavy atom. The minimum absolute atomic E-state index is 0.317. The second-order valence-electron chi connectivity index (χ2n) is 4.71. The summed E-state index contributed by atoms with van der Waals surface area (Å²) in [5, 5.41) is 11.8. The highest BCUT2D eigenvalue weighted by atomic mass is 35.5. The highest BCUT2D eigenvalue weighted by Gasteiger charge is 2.11. The average molecular weight is 315 g/mol. The van der Waals surface area contributed by atoms with Crippen LogP contribution in [0.4, 0.5) is 15.8 Å². The van der Waals surface area contributed by atoms with Crippen molar-refractivity contribution in [3.8, 4) is 11.3 Å². The van der Waals surface area contributed by atoms with Crippen LogP contribution in [0.15, 0.2) is 48.8 Å². The highest BCUT2D eigenvalue weighted by Crippen LogP contribution is 2.28. The largest absolute Gasteiger partial charge is 0.354 e. The molecule has 0 aliphatic carbocycles. The maximum atomic E-state index is 14.0. The molecule has 0 spiro atoms. The van der Waals surface area contributed by atoms with Gasteiger partial charge in [-0.1, -0.05) is 11.6 Å². The standard InChI is InChI=1S/C16H12ClFN4/c1-10-15(20-12-4-6-19-7-5-12)9-16(22-21-10)13-8-11(17)2-3-14(13)18/h2-9H,1H3,(H,19,20,22). The molecule has 0 aliphatic heterocycles. The number of rotatable bonds is 3. The van der Waals surface area contributed by atoms with Gasteiger partial charge in [-0.3, -0.25) is 4.98 Å². The zero-order chi connectivity index (χ0) is 15.5. The summed E-state index contributed by atoms with van der Waals surface area (Å²) in [7, 11) is 0. The fourth-order valence-electron chi connectivity index (χ4n) is 2.00. The number of halogens is 2. The number of hydrogen-bond acceptors (Lipinski definition) is 4. The average Bonchev–Trinajstić information content (AvgIpc) is 2.53. The summed E-state index contributed by atoms with van der Waals surface area (Å²) in [6.07, 6.45) is 3.37. The van der Waals surface area contributed by atoms with Crippen LogP contribution < -0.4 is 5.32 Å². The molecule has 0 aliphatic rings. The van der Waals surface area contributed by atoms with E-state index >= 15 is 0 Å². The van der Waals surface area contributed by atoms with Gasteiger partial charge in [-0.25, -0.2) is 4.39 Å². The van der Waals surface area contributed by atoms with Gasteiger partial charge in [-0.15, -0.1) is 0 Å². The van der Waals surface area contributed by atoms with Crippen LogP contribution in [0.2, 0.25) is 5.02 Å². The Morgan fingerprint density at radius 2 is 1.82 bits per heavy atom. The minimum atomic E-state index is -0.391. The topological polar surface area (TPSA) is 50.7 Å². The van der Waals surface area contributed by atoms with Gasteiger partial charge in [0.25, 0.3) is 0 Å².